The normalized spacial score (nSPS) is 23.2. The zero-order valence-corrected chi connectivity index (χ0v) is 12.8. The number of aliphatic hydroxyl groups is 1. The number of likely N-dealkylation sites (tertiary alicyclic amines) is 1. The van der Waals surface area contributed by atoms with Crippen molar-refractivity contribution in [1.82, 2.24) is 19.9 Å². The summed E-state index contributed by atoms with van der Waals surface area (Å²) < 4.78 is 1.89. The van der Waals surface area contributed by atoms with E-state index < -0.39 is 0 Å². The molecule has 0 radical (unpaired) electrons. The van der Waals surface area contributed by atoms with E-state index in [4.69, 9.17) is 5.11 Å². The van der Waals surface area contributed by atoms with Gasteiger partial charge in [0.25, 0.3) is 0 Å². The Kier molecular flexibility index (Phi) is 4.96. The second-order valence-electron chi connectivity index (χ2n) is 5.91. The van der Waals surface area contributed by atoms with E-state index in [9.17, 15) is 0 Å². The van der Waals surface area contributed by atoms with Crippen LogP contribution in [0.4, 0.5) is 0 Å². The standard InChI is InChI=1S/C14H24N4OS/c19-11-13-10-18(16-15-13)9-12-1-5-17(6-2-12)14-3-7-20-8-4-14/h10,12,14,19H,1-9,11H2. The van der Waals surface area contributed by atoms with Crippen molar-refractivity contribution in [3.63, 3.8) is 0 Å². The van der Waals surface area contributed by atoms with Gasteiger partial charge in [-0.05, 0) is 56.2 Å². The minimum Gasteiger partial charge on any atom is -0.390 e. The molecule has 0 atom stereocenters. The fourth-order valence-electron chi connectivity index (χ4n) is 3.32. The van der Waals surface area contributed by atoms with Crippen LogP contribution in [-0.2, 0) is 13.2 Å². The monoisotopic (exact) mass is 296 g/mol. The van der Waals surface area contributed by atoms with Crippen LogP contribution in [0, 0.1) is 5.92 Å². The van der Waals surface area contributed by atoms with Gasteiger partial charge in [-0.2, -0.15) is 11.8 Å². The highest BCUT2D eigenvalue weighted by atomic mass is 32.2. The molecular formula is C14H24N4OS. The topological polar surface area (TPSA) is 54.2 Å². The van der Waals surface area contributed by atoms with Crippen molar-refractivity contribution in [3.05, 3.63) is 11.9 Å². The summed E-state index contributed by atoms with van der Waals surface area (Å²) in [7, 11) is 0. The highest BCUT2D eigenvalue weighted by Crippen LogP contribution is 2.26. The molecule has 0 unspecified atom stereocenters. The Labute approximate surface area is 124 Å². The summed E-state index contributed by atoms with van der Waals surface area (Å²) in [5.74, 6) is 3.39. The molecule has 0 aromatic carbocycles. The summed E-state index contributed by atoms with van der Waals surface area (Å²) in [6, 6.07) is 0.838. The zero-order valence-electron chi connectivity index (χ0n) is 11.9. The molecule has 1 N–H and O–H groups in total. The molecule has 112 valence electrons. The largest absolute Gasteiger partial charge is 0.390 e. The maximum absolute atomic E-state index is 9.01. The van der Waals surface area contributed by atoms with E-state index in [1.807, 2.05) is 10.9 Å². The number of hydrogen-bond donors (Lipinski definition) is 1. The van der Waals surface area contributed by atoms with E-state index in [0.29, 0.717) is 11.6 Å². The number of piperidine rings is 1. The molecule has 2 fully saturated rings. The Morgan fingerprint density at radius 1 is 1.20 bits per heavy atom. The maximum atomic E-state index is 9.01. The molecule has 6 heteroatoms. The molecule has 2 aliphatic heterocycles. The van der Waals surface area contributed by atoms with Crippen LogP contribution < -0.4 is 0 Å². The van der Waals surface area contributed by atoms with Crippen LogP contribution in [0.5, 0.6) is 0 Å². The second-order valence-corrected chi connectivity index (χ2v) is 7.14. The van der Waals surface area contributed by atoms with Crippen molar-refractivity contribution >= 4 is 11.8 Å². The molecule has 0 amide bonds. The lowest BCUT2D eigenvalue weighted by molar-refractivity contribution is 0.118. The van der Waals surface area contributed by atoms with Gasteiger partial charge in [0, 0.05) is 12.6 Å². The van der Waals surface area contributed by atoms with Gasteiger partial charge >= 0.3 is 0 Å². The van der Waals surface area contributed by atoms with Gasteiger partial charge in [-0.3, -0.25) is 4.68 Å². The van der Waals surface area contributed by atoms with E-state index >= 15 is 0 Å². The van der Waals surface area contributed by atoms with Gasteiger partial charge in [-0.1, -0.05) is 5.21 Å². The summed E-state index contributed by atoms with van der Waals surface area (Å²) >= 11 is 2.10. The molecule has 0 aliphatic carbocycles. The third kappa shape index (κ3) is 3.54. The van der Waals surface area contributed by atoms with Gasteiger partial charge < -0.3 is 10.0 Å². The number of rotatable bonds is 4. The molecule has 5 nitrogen and oxygen atoms in total. The molecular weight excluding hydrogens is 272 g/mol. The number of hydrogen-bond acceptors (Lipinski definition) is 5. The van der Waals surface area contributed by atoms with Crippen LogP contribution in [-0.4, -0.2) is 55.6 Å². The second kappa shape index (κ2) is 6.91. The predicted molar refractivity (Wildman–Crippen MR) is 80.6 cm³/mol. The van der Waals surface area contributed by atoms with Gasteiger partial charge in [0.05, 0.1) is 12.8 Å². The summed E-state index contributed by atoms with van der Waals surface area (Å²) in [6.07, 6.45) is 7.14. The van der Waals surface area contributed by atoms with E-state index in [1.165, 1.54) is 50.3 Å². The lowest BCUT2D eigenvalue weighted by Gasteiger charge is -2.39. The fourth-order valence-corrected chi connectivity index (χ4v) is 4.40. The number of nitrogens with zero attached hydrogens (tertiary/aromatic N) is 4. The molecule has 1 aromatic heterocycles. The minimum atomic E-state index is -0.0157. The molecule has 2 aliphatic rings. The molecule has 3 heterocycles. The van der Waals surface area contributed by atoms with Crippen molar-refractivity contribution < 1.29 is 5.11 Å². The fraction of sp³-hybridized carbons (Fsp3) is 0.857. The highest BCUT2D eigenvalue weighted by Gasteiger charge is 2.26. The zero-order chi connectivity index (χ0) is 13.8. The smallest absolute Gasteiger partial charge is 0.108 e. The quantitative estimate of drug-likeness (QED) is 0.909. The Bertz CT molecular complexity index is 411. The molecule has 1 aromatic rings. The molecule has 0 bridgehead atoms. The number of aliphatic hydroxyl groups excluding tert-OH is 1. The van der Waals surface area contributed by atoms with Gasteiger partial charge in [-0.15, -0.1) is 5.10 Å². The Morgan fingerprint density at radius 3 is 2.60 bits per heavy atom. The predicted octanol–water partition coefficient (Wildman–Crippen LogP) is 1.38. The maximum Gasteiger partial charge on any atom is 0.108 e. The van der Waals surface area contributed by atoms with Crippen LogP contribution >= 0.6 is 11.8 Å². The first-order valence-corrected chi connectivity index (χ1v) is 8.82. The van der Waals surface area contributed by atoms with Crippen LogP contribution in [0.2, 0.25) is 0 Å². The number of thioether (sulfide) groups is 1. The van der Waals surface area contributed by atoms with Gasteiger partial charge in [-0.25, -0.2) is 0 Å². The van der Waals surface area contributed by atoms with Gasteiger partial charge in [0.2, 0.25) is 0 Å². The average Bonchev–Trinajstić information content (AvgIpc) is 2.97. The first-order chi connectivity index (χ1) is 9.85. The Hall–Kier alpha value is -0.590. The summed E-state index contributed by atoms with van der Waals surface area (Å²) in [5, 5.41) is 17.0. The molecule has 2 saturated heterocycles. The van der Waals surface area contributed by atoms with Crippen molar-refractivity contribution in [2.45, 2.75) is 44.9 Å². The first-order valence-electron chi connectivity index (χ1n) is 7.67. The summed E-state index contributed by atoms with van der Waals surface area (Å²) in [6.45, 7) is 3.41. The Morgan fingerprint density at radius 2 is 1.95 bits per heavy atom. The van der Waals surface area contributed by atoms with Gasteiger partial charge in [0.1, 0.15) is 5.69 Å². The number of aromatic nitrogens is 3. The average molecular weight is 296 g/mol. The minimum absolute atomic E-state index is 0.0157. The third-order valence-corrected chi connectivity index (χ3v) is 5.60. The molecule has 20 heavy (non-hydrogen) atoms. The van der Waals surface area contributed by atoms with E-state index in [0.717, 1.165) is 12.6 Å². The lowest BCUT2D eigenvalue weighted by atomic mass is 9.94. The van der Waals surface area contributed by atoms with E-state index in [1.54, 1.807) is 0 Å². The van der Waals surface area contributed by atoms with Crippen molar-refractivity contribution in [2.75, 3.05) is 24.6 Å². The summed E-state index contributed by atoms with van der Waals surface area (Å²) in [4.78, 5) is 2.71. The van der Waals surface area contributed by atoms with Crippen molar-refractivity contribution in [2.24, 2.45) is 5.92 Å². The lowest BCUT2D eigenvalue weighted by Crippen LogP contribution is -2.43. The van der Waals surface area contributed by atoms with E-state index in [2.05, 4.69) is 27.0 Å². The SMILES string of the molecule is OCc1cn(CC2CCN(C3CCSCC3)CC2)nn1. The Balaban J connectivity index is 1.45. The highest BCUT2D eigenvalue weighted by molar-refractivity contribution is 7.99. The van der Waals surface area contributed by atoms with Gasteiger partial charge in [0.15, 0.2) is 0 Å². The van der Waals surface area contributed by atoms with Crippen LogP contribution in [0.1, 0.15) is 31.4 Å². The van der Waals surface area contributed by atoms with Crippen LogP contribution in [0.15, 0.2) is 6.20 Å². The van der Waals surface area contributed by atoms with Crippen LogP contribution in [0.3, 0.4) is 0 Å². The van der Waals surface area contributed by atoms with Crippen molar-refractivity contribution in [1.29, 1.82) is 0 Å². The molecule has 0 saturated carbocycles. The third-order valence-electron chi connectivity index (χ3n) is 4.55. The van der Waals surface area contributed by atoms with Crippen molar-refractivity contribution in [3.8, 4) is 0 Å². The molecule has 0 spiro atoms. The van der Waals surface area contributed by atoms with Crippen LogP contribution in [0.25, 0.3) is 0 Å². The first kappa shape index (κ1) is 14.4. The molecule has 3 rings (SSSR count). The summed E-state index contributed by atoms with van der Waals surface area (Å²) in [5.41, 5.74) is 0.669. The van der Waals surface area contributed by atoms with E-state index in [-0.39, 0.29) is 6.61 Å².